The number of halogens is 1. The van der Waals surface area contributed by atoms with Crippen LogP contribution in [-0.2, 0) is 10.7 Å². The van der Waals surface area contributed by atoms with E-state index in [0.717, 1.165) is 5.33 Å². The second-order valence-corrected chi connectivity index (χ2v) is 4.64. The van der Waals surface area contributed by atoms with E-state index in [1.165, 1.54) is 11.1 Å². The van der Waals surface area contributed by atoms with Gasteiger partial charge in [-0.3, -0.25) is 0 Å². The Hall–Kier alpha value is 0.466. The van der Waals surface area contributed by atoms with Crippen LogP contribution in [0.1, 0.15) is 31.9 Å². The molecule has 1 aromatic rings. The molecule has 0 spiro atoms. The molecule has 0 nitrogen and oxygen atoms in total. The Bertz CT molecular complexity index is 246. The van der Waals surface area contributed by atoms with Crippen molar-refractivity contribution in [2.75, 3.05) is 0 Å². The molecule has 0 fully saturated rings. The van der Waals surface area contributed by atoms with Crippen LogP contribution in [0.4, 0.5) is 0 Å². The monoisotopic (exact) mass is 252 g/mol. The van der Waals surface area contributed by atoms with Crippen LogP contribution < -0.4 is 0 Å². The first-order valence-electron chi connectivity index (χ1n) is 4.19. The van der Waals surface area contributed by atoms with Crippen molar-refractivity contribution in [2.45, 2.75) is 31.5 Å². The van der Waals surface area contributed by atoms with Gasteiger partial charge in [0.05, 0.1) is 0 Å². The zero-order chi connectivity index (χ0) is 9.19. The van der Waals surface area contributed by atoms with Gasteiger partial charge in [-0.25, -0.2) is 0 Å². The number of hydrogen-bond donors (Lipinski definition) is 0. The molecule has 2 heteroatoms. The zero-order valence-electron chi connectivity index (χ0n) is 7.89. The van der Waals surface area contributed by atoms with Gasteiger partial charge in [-0.1, -0.05) is 61.0 Å². The maximum atomic E-state index is 3.43. The highest BCUT2D eigenvalue weighted by Gasteiger charge is 2.12. The van der Waals surface area contributed by atoms with E-state index in [0.29, 0.717) is 0 Å². The van der Waals surface area contributed by atoms with Crippen LogP contribution in [0.3, 0.4) is 0 Å². The van der Waals surface area contributed by atoms with Gasteiger partial charge in [-0.05, 0) is 16.5 Å². The smallest absolute Gasteiger partial charge is 0.0876 e. The fourth-order valence-electron chi connectivity index (χ4n) is 1.09. The van der Waals surface area contributed by atoms with E-state index in [2.05, 4.69) is 61.0 Å². The highest BCUT2D eigenvalue weighted by atomic mass is 79.9. The average Bonchev–Trinajstić information content (AvgIpc) is 2.03. The second-order valence-electron chi connectivity index (χ2n) is 4.08. The Kier molecular flexibility index (Phi) is 5.57. The third-order valence-electron chi connectivity index (χ3n) is 1.97. The van der Waals surface area contributed by atoms with E-state index in [1.54, 1.807) is 0 Å². The Labute approximate surface area is 105 Å². The van der Waals surface area contributed by atoms with E-state index in [1.807, 2.05) is 0 Å². The zero-order valence-corrected chi connectivity index (χ0v) is 9.48. The first-order valence-corrected chi connectivity index (χ1v) is 5.31. The summed E-state index contributed by atoms with van der Waals surface area (Å²) < 4.78 is 0. The van der Waals surface area contributed by atoms with Gasteiger partial charge < -0.3 is 0 Å². The highest BCUT2D eigenvalue weighted by molar-refractivity contribution is 9.08. The van der Waals surface area contributed by atoms with Gasteiger partial charge in [0, 0.05) is 5.33 Å². The normalized spacial score (nSPS) is 10.8. The van der Waals surface area contributed by atoms with Crippen molar-refractivity contribution in [2.24, 2.45) is 0 Å². The fourth-order valence-corrected chi connectivity index (χ4v) is 1.47. The molecule has 0 aromatic heterocycles. The molecule has 0 aliphatic carbocycles. The van der Waals surface area contributed by atoms with E-state index in [9.17, 15) is 0 Å². The van der Waals surface area contributed by atoms with Crippen LogP contribution in [-0.4, -0.2) is 23.1 Å². The largest absolute Gasteiger partial charge is 0.316 e. The van der Waals surface area contributed by atoms with Gasteiger partial charge in [-0.15, -0.1) is 0 Å². The molecule has 0 bridgehead atoms. The van der Waals surface area contributed by atoms with Crippen molar-refractivity contribution >= 4 is 39.0 Å². The van der Waals surface area contributed by atoms with Crippen LogP contribution in [0.2, 0.25) is 0 Å². The molecular formula is C11H17BrMg. The summed E-state index contributed by atoms with van der Waals surface area (Å²) in [5.74, 6) is 0. The quantitative estimate of drug-likeness (QED) is 0.533. The van der Waals surface area contributed by atoms with Crippen molar-refractivity contribution in [1.82, 2.24) is 0 Å². The molecule has 0 amide bonds. The van der Waals surface area contributed by atoms with Gasteiger partial charge in [0.2, 0.25) is 0 Å². The highest BCUT2D eigenvalue weighted by Crippen LogP contribution is 2.22. The van der Waals surface area contributed by atoms with Crippen LogP contribution in [0.5, 0.6) is 0 Å². The molecule has 0 saturated heterocycles. The molecule has 0 atom stereocenters. The maximum Gasteiger partial charge on any atom is 0.316 e. The molecule has 0 aliphatic heterocycles. The summed E-state index contributed by atoms with van der Waals surface area (Å²) in [6, 6.07) is 8.76. The van der Waals surface area contributed by atoms with Crippen LogP contribution in [0.15, 0.2) is 24.3 Å². The van der Waals surface area contributed by atoms with Gasteiger partial charge in [0.25, 0.3) is 0 Å². The maximum absolute atomic E-state index is 3.43. The predicted octanol–water partition coefficient (Wildman–Crippen LogP) is 2.96. The van der Waals surface area contributed by atoms with Crippen LogP contribution in [0, 0.1) is 0 Å². The minimum absolute atomic E-state index is 0. The standard InChI is InChI=1S/C11H15Br.Mg.2H/c1-11(2,3)10-6-4-9(8-12)5-7-10;;;/h4-7H,8H2,1-3H3;;;. The summed E-state index contributed by atoms with van der Waals surface area (Å²) in [5.41, 5.74) is 3.00. The molecule has 0 aliphatic rings. The Morgan fingerprint density at radius 2 is 1.54 bits per heavy atom. The van der Waals surface area contributed by atoms with Gasteiger partial charge in [-0.2, -0.15) is 0 Å². The third-order valence-corrected chi connectivity index (χ3v) is 2.62. The molecule has 1 rings (SSSR count). The van der Waals surface area contributed by atoms with Crippen molar-refractivity contribution < 1.29 is 0 Å². The first kappa shape index (κ1) is 13.5. The van der Waals surface area contributed by atoms with Crippen molar-refractivity contribution in [3.8, 4) is 0 Å². The van der Waals surface area contributed by atoms with Gasteiger partial charge >= 0.3 is 23.1 Å². The molecule has 0 heterocycles. The molecule has 70 valence electrons. The number of rotatable bonds is 1. The predicted molar refractivity (Wildman–Crippen MR) is 66.3 cm³/mol. The Morgan fingerprint density at radius 3 is 1.85 bits per heavy atom. The summed E-state index contributed by atoms with van der Waals surface area (Å²) in [6.07, 6.45) is 0. The summed E-state index contributed by atoms with van der Waals surface area (Å²) in [7, 11) is 0. The SMILES string of the molecule is CC(C)(C)c1ccc(CBr)cc1.[MgH2]. The topological polar surface area (TPSA) is 0 Å². The van der Waals surface area contributed by atoms with E-state index >= 15 is 0 Å². The minimum atomic E-state index is 0. The number of alkyl halides is 1. The average molecular weight is 253 g/mol. The molecule has 13 heavy (non-hydrogen) atoms. The molecule has 0 radical (unpaired) electrons. The molecular weight excluding hydrogens is 236 g/mol. The van der Waals surface area contributed by atoms with Crippen molar-refractivity contribution in [3.63, 3.8) is 0 Å². The van der Waals surface area contributed by atoms with E-state index in [4.69, 9.17) is 0 Å². The minimum Gasteiger partial charge on any atom is -0.0876 e. The Balaban J connectivity index is 0.00000144. The van der Waals surface area contributed by atoms with E-state index < -0.39 is 0 Å². The van der Waals surface area contributed by atoms with Crippen LogP contribution in [0.25, 0.3) is 0 Å². The second kappa shape index (κ2) is 5.37. The van der Waals surface area contributed by atoms with Crippen LogP contribution >= 0.6 is 15.9 Å². The molecule has 0 unspecified atom stereocenters. The number of hydrogen-bond acceptors (Lipinski definition) is 0. The summed E-state index contributed by atoms with van der Waals surface area (Å²) in [5, 5.41) is 0.942. The lowest BCUT2D eigenvalue weighted by Gasteiger charge is -2.18. The lowest BCUT2D eigenvalue weighted by atomic mass is 9.87. The molecule has 1 aromatic carbocycles. The molecule has 0 N–H and O–H groups in total. The van der Waals surface area contributed by atoms with Gasteiger partial charge in [0.15, 0.2) is 0 Å². The number of benzene rings is 1. The summed E-state index contributed by atoms with van der Waals surface area (Å²) >= 11 is 3.43. The van der Waals surface area contributed by atoms with Crippen molar-refractivity contribution in [1.29, 1.82) is 0 Å². The first-order chi connectivity index (χ1) is 5.54. The lowest BCUT2D eigenvalue weighted by Crippen LogP contribution is -2.10. The van der Waals surface area contributed by atoms with Crippen molar-refractivity contribution in [3.05, 3.63) is 35.4 Å². The van der Waals surface area contributed by atoms with Gasteiger partial charge in [0.1, 0.15) is 0 Å². The lowest BCUT2D eigenvalue weighted by molar-refractivity contribution is 0.590. The fraction of sp³-hybridized carbons (Fsp3) is 0.455. The van der Waals surface area contributed by atoms with E-state index in [-0.39, 0.29) is 28.5 Å². The summed E-state index contributed by atoms with van der Waals surface area (Å²) in [6.45, 7) is 6.70. The summed E-state index contributed by atoms with van der Waals surface area (Å²) in [4.78, 5) is 0. The molecule has 0 saturated carbocycles. The third kappa shape index (κ3) is 4.00. The Morgan fingerprint density at radius 1 is 1.08 bits per heavy atom.